The Bertz CT molecular complexity index is 713. The third-order valence-electron chi connectivity index (χ3n) is 5.25. The zero-order valence-electron chi connectivity index (χ0n) is 18.4. The minimum Gasteiger partial charge on any atom is -0.374 e. The molecule has 1 saturated heterocycles. The smallest absolute Gasteiger partial charge is 0.248 e. The first kappa shape index (κ1) is 24.9. The van der Waals surface area contributed by atoms with E-state index in [4.69, 9.17) is 4.74 Å². The lowest BCUT2D eigenvalue weighted by molar-refractivity contribution is -0.117. The van der Waals surface area contributed by atoms with Crippen LogP contribution in [-0.4, -0.2) is 75.3 Å². The number of carbonyl (C=O) groups excluding carboxylic acids is 1. The number of nitrogens with one attached hydrogen (secondary N) is 2. The number of morpholine rings is 1. The standard InChI is InChI=1S/C22H35N5O2.HI/c1-4-23-22(24-13-19-16-26(11-12-29-19)15-17(2)3)25-14-21(28)27-10-9-18-7-5-6-8-20(18)27;/h5-8,17,19H,4,9-16H2,1-3H3,(H2,23,24,25);1H. The molecule has 0 saturated carbocycles. The fourth-order valence-electron chi connectivity index (χ4n) is 3.97. The minimum absolute atomic E-state index is 0. The van der Waals surface area contributed by atoms with Crippen LogP contribution in [0.3, 0.4) is 0 Å². The number of halogens is 1. The summed E-state index contributed by atoms with van der Waals surface area (Å²) >= 11 is 0. The number of benzene rings is 1. The number of ether oxygens (including phenoxy) is 1. The molecule has 0 aliphatic carbocycles. The highest BCUT2D eigenvalue weighted by atomic mass is 127. The topological polar surface area (TPSA) is 69.2 Å². The van der Waals surface area contributed by atoms with Gasteiger partial charge in [0.05, 0.1) is 12.7 Å². The SMILES string of the molecule is CCNC(=NCC(=O)N1CCc2ccccc21)NCC1CN(CC(C)C)CCO1.I. The summed E-state index contributed by atoms with van der Waals surface area (Å²) in [6, 6.07) is 8.10. The van der Waals surface area contributed by atoms with Gasteiger partial charge in [0.2, 0.25) is 5.91 Å². The molecule has 2 aliphatic rings. The van der Waals surface area contributed by atoms with E-state index < -0.39 is 0 Å². The molecular formula is C22H36IN5O2. The molecule has 1 aromatic carbocycles. The van der Waals surface area contributed by atoms with Crippen molar-refractivity contribution in [2.45, 2.75) is 33.3 Å². The Morgan fingerprint density at radius 3 is 2.83 bits per heavy atom. The van der Waals surface area contributed by atoms with Crippen molar-refractivity contribution in [3.05, 3.63) is 29.8 Å². The third kappa shape index (κ3) is 7.09. The molecule has 1 aromatic rings. The van der Waals surface area contributed by atoms with Gasteiger partial charge in [0.15, 0.2) is 5.96 Å². The van der Waals surface area contributed by atoms with Gasteiger partial charge in [-0.3, -0.25) is 9.69 Å². The van der Waals surface area contributed by atoms with Crippen LogP contribution in [0.1, 0.15) is 26.3 Å². The van der Waals surface area contributed by atoms with Gasteiger partial charge in [0.25, 0.3) is 0 Å². The van der Waals surface area contributed by atoms with Gasteiger partial charge in [-0.15, -0.1) is 24.0 Å². The van der Waals surface area contributed by atoms with Gasteiger partial charge in [0.1, 0.15) is 6.54 Å². The van der Waals surface area contributed by atoms with E-state index in [0.29, 0.717) is 18.4 Å². The second kappa shape index (κ2) is 12.5. The second-order valence-electron chi connectivity index (χ2n) is 8.15. The van der Waals surface area contributed by atoms with Crippen molar-refractivity contribution in [3.8, 4) is 0 Å². The number of fused-ring (bicyclic) bond motifs is 1. The number of para-hydroxylation sites is 1. The van der Waals surface area contributed by atoms with Crippen LogP contribution in [0.25, 0.3) is 0 Å². The number of anilines is 1. The number of nitrogens with zero attached hydrogens (tertiary/aromatic N) is 3. The largest absolute Gasteiger partial charge is 0.374 e. The Kier molecular flexibility index (Phi) is 10.3. The lowest BCUT2D eigenvalue weighted by Gasteiger charge is -2.34. The average Bonchev–Trinajstić information content (AvgIpc) is 3.14. The highest BCUT2D eigenvalue weighted by Gasteiger charge is 2.24. The van der Waals surface area contributed by atoms with Gasteiger partial charge in [-0.2, -0.15) is 0 Å². The molecule has 1 fully saturated rings. The molecule has 2 heterocycles. The van der Waals surface area contributed by atoms with Crippen LogP contribution in [0, 0.1) is 5.92 Å². The number of carbonyl (C=O) groups is 1. The average molecular weight is 529 g/mol. The molecule has 7 nitrogen and oxygen atoms in total. The van der Waals surface area contributed by atoms with E-state index in [-0.39, 0.29) is 42.5 Å². The molecule has 2 N–H and O–H groups in total. The molecule has 0 aromatic heterocycles. The quantitative estimate of drug-likeness (QED) is 0.322. The van der Waals surface area contributed by atoms with E-state index in [9.17, 15) is 4.79 Å². The molecule has 1 atom stereocenters. The molecular weight excluding hydrogens is 493 g/mol. The Labute approximate surface area is 197 Å². The van der Waals surface area contributed by atoms with Gasteiger partial charge in [0, 0.05) is 45.0 Å². The molecule has 3 rings (SSSR count). The Morgan fingerprint density at radius 2 is 2.07 bits per heavy atom. The third-order valence-corrected chi connectivity index (χ3v) is 5.25. The number of hydrogen-bond acceptors (Lipinski definition) is 4. The van der Waals surface area contributed by atoms with E-state index in [1.54, 1.807) is 0 Å². The van der Waals surface area contributed by atoms with Crippen molar-refractivity contribution in [1.29, 1.82) is 0 Å². The maximum Gasteiger partial charge on any atom is 0.248 e. The fourth-order valence-corrected chi connectivity index (χ4v) is 3.97. The summed E-state index contributed by atoms with van der Waals surface area (Å²) in [5.41, 5.74) is 2.25. The molecule has 0 spiro atoms. The summed E-state index contributed by atoms with van der Waals surface area (Å²) in [5.74, 6) is 1.35. The Balaban J connectivity index is 0.00000320. The minimum atomic E-state index is 0. The van der Waals surface area contributed by atoms with Crippen LogP contribution in [0.2, 0.25) is 0 Å². The molecule has 0 radical (unpaired) electrons. The van der Waals surface area contributed by atoms with Gasteiger partial charge in [-0.05, 0) is 30.9 Å². The van der Waals surface area contributed by atoms with E-state index >= 15 is 0 Å². The van der Waals surface area contributed by atoms with Crippen LogP contribution >= 0.6 is 24.0 Å². The fraction of sp³-hybridized carbons (Fsp3) is 0.636. The second-order valence-corrected chi connectivity index (χ2v) is 8.15. The molecule has 1 unspecified atom stereocenters. The summed E-state index contributed by atoms with van der Waals surface area (Å²) in [5, 5.41) is 6.58. The van der Waals surface area contributed by atoms with Crippen LogP contribution in [0.15, 0.2) is 29.3 Å². The van der Waals surface area contributed by atoms with Crippen molar-refractivity contribution in [2.75, 3.05) is 57.3 Å². The van der Waals surface area contributed by atoms with Crippen LogP contribution in [0.4, 0.5) is 5.69 Å². The van der Waals surface area contributed by atoms with Crippen molar-refractivity contribution in [1.82, 2.24) is 15.5 Å². The van der Waals surface area contributed by atoms with Crippen molar-refractivity contribution in [3.63, 3.8) is 0 Å². The molecule has 1 amide bonds. The van der Waals surface area contributed by atoms with E-state index in [2.05, 4.69) is 40.4 Å². The molecule has 168 valence electrons. The number of aliphatic imine (C=N–C) groups is 1. The van der Waals surface area contributed by atoms with E-state index in [0.717, 1.165) is 51.4 Å². The van der Waals surface area contributed by atoms with Crippen molar-refractivity contribution >= 4 is 41.5 Å². The van der Waals surface area contributed by atoms with Gasteiger partial charge < -0.3 is 20.3 Å². The van der Waals surface area contributed by atoms with Crippen LogP contribution in [0.5, 0.6) is 0 Å². The highest BCUT2D eigenvalue weighted by molar-refractivity contribution is 14.0. The zero-order valence-corrected chi connectivity index (χ0v) is 20.7. The predicted molar refractivity (Wildman–Crippen MR) is 133 cm³/mol. The number of amides is 1. The molecule has 30 heavy (non-hydrogen) atoms. The summed E-state index contributed by atoms with van der Waals surface area (Å²) in [4.78, 5) is 21.5. The number of rotatable bonds is 7. The summed E-state index contributed by atoms with van der Waals surface area (Å²) in [6.45, 7) is 12.6. The Hall–Kier alpha value is -1.39. The van der Waals surface area contributed by atoms with Crippen molar-refractivity contribution < 1.29 is 9.53 Å². The van der Waals surface area contributed by atoms with E-state index in [1.165, 1.54) is 5.56 Å². The highest BCUT2D eigenvalue weighted by Crippen LogP contribution is 2.27. The molecule has 8 heteroatoms. The first-order valence-electron chi connectivity index (χ1n) is 10.8. The molecule has 0 bridgehead atoms. The Morgan fingerprint density at radius 1 is 1.27 bits per heavy atom. The number of guanidine groups is 1. The molecule has 2 aliphatic heterocycles. The number of hydrogen-bond donors (Lipinski definition) is 2. The summed E-state index contributed by atoms with van der Waals surface area (Å²) < 4.78 is 5.90. The lowest BCUT2D eigenvalue weighted by atomic mass is 10.2. The van der Waals surface area contributed by atoms with Gasteiger partial charge in [-0.25, -0.2) is 4.99 Å². The first-order chi connectivity index (χ1) is 14.1. The van der Waals surface area contributed by atoms with Crippen LogP contribution < -0.4 is 15.5 Å². The van der Waals surface area contributed by atoms with Gasteiger partial charge >= 0.3 is 0 Å². The zero-order chi connectivity index (χ0) is 20.6. The maximum absolute atomic E-state index is 12.7. The summed E-state index contributed by atoms with van der Waals surface area (Å²) in [6.07, 6.45) is 1.04. The summed E-state index contributed by atoms with van der Waals surface area (Å²) in [7, 11) is 0. The first-order valence-corrected chi connectivity index (χ1v) is 10.8. The van der Waals surface area contributed by atoms with Crippen molar-refractivity contribution in [2.24, 2.45) is 10.9 Å². The van der Waals surface area contributed by atoms with E-state index in [1.807, 2.05) is 30.0 Å². The van der Waals surface area contributed by atoms with Gasteiger partial charge in [-0.1, -0.05) is 32.0 Å². The normalized spacial score (nSPS) is 19.4. The monoisotopic (exact) mass is 529 g/mol. The maximum atomic E-state index is 12.7. The van der Waals surface area contributed by atoms with Crippen LogP contribution in [-0.2, 0) is 16.0 Å². The lowest BCUT2D eigenvalue weighted by Crippen LogP contribution is -2.50. The predicted octanol–water partition coefficient (Wildman–Crippen LogP) is 2.11.